The first-order chi connectivity index (χ1) is 29.7. The van der Waals surface area contributed by atoms with Crippen molar-refractivity contribution in [1.82, 2.24) is 0 Å². The number of rotatable bonds is 6. The lowest BCUT2D eigenvalue weighted by molar-refractivity contribution is 0.439. The molecule has 282 valence electrons. The van der Waals surface area contributed by atoms with Crippen LogP contribution in [0.25, 0.3) is 53.9 Å². The van der Waals surface area contributed by atoms with Crippen molar-refractivity contribution >= 4 is 88.0 Å². The molecule has 4 nitrogen and oxygen atoms in total. The molecule has 60 heavy (non-hydrogen) atoms. The highest BCUT2D eigenvalue weighted by Gasteiger charge is 2.25. The number of benzene rings is 11. The summed E-state index contributed by atoms with van der Waals surface area (Å²) in [6.07, 6.45) is 0. The molecular formula is C56H36N2O2. The predicted molar refractivity (Wildman–Crippen MR) is 250 cm³/mol. The summed E-state index contributed by atoms with van der Waals surface area (Å²) < 4.78 is 13.9. The number of anilines is 6. The Morgan fingerprint density at radius 2 is 0.717 bits per heavy atom. The summed E-state index contributed by atoms with van der Waals surface area (Å²) in [5.74, 6) is 2.77. The van der Waals surface area contributed by atoms with Crippen LogP contribution in [-0.2, 0) is 0 Å². The average Bonchev–Trinajstić information content (AvgIpc) is 3.47. The van der Waals surface area contributed by atoms with E-state index in [1.165, 1.54) is 43.1 Å². The quantitative estimate of drug-likeness (QED) is 0.157. The third kappa shape index (κ3) is 5.53. The van der Waals surface area contributed by atoms with Gasteiger partial charge >= 0.3 is 0 Å². The van der Waals surface area contributed by atoms with Crippen LogP contribution in [0.5, 0.6) is 23.0 Å². The number of hydrogen-bond donors (Lipinski definition) is 0. The van der Waals surface area contributed by atoms with Crippen molar-refractivity contribution in [3.05, 3.63) is 218 Å². The first-order valence-electron chi connectivity index (χ1n) is 20.3. The summed E-state index contributed by atoms with van der Waals surface area (Å²) in [7, 11) is 0. The van der Waals surface area contributed by atoms with Gasteiger partial charge in [-0.15, -0.1) is 0 Å². The Morgan fingerprint density at radius 3 is 1.32 bits per heavy atom. The van der Waals surface area contributed by atoms with Gasteiger partial charge in [-0.2, -0.15) is 0 Å². The Hall–Kier alpha value is -8.08. The van der Waals surface area contributed by atoms with Gasteiger partial charge in [0.1, 0.15) is 11.5 Å². The highest BCUT2D eigenvalue weighted by atomic mass is 16.5. The zero-order chi connectivity index (χ0) is 39.6. The second-order valence-electron chi connectivity index (χ2n) is 15.3. The fourth-order valence-corrected chi connectivity index (χ4v) is 9.12. The normalized spacial score (nSPS) is 11.9. The third-order valence-corrected chi connectivity index (χ3v) is 11.8. The molecule has 0 spiro atoms. The summed E-state index contributed by atoms with van der Waals surface area (Å²) in [6.45, 7) is 0. The molecular weight excluding hydrogens is 733 g/mol. The zero-order valence-electron chi connectivity index (χ0n) is 32.5. The zero-order valence-corrected chi connectivity index (χ0v) is 32.5. The molecule has 0 atom stereocenters. The summed E-state index contributed by atoms with van der Waals surface area (Å²) in [6, 6.07) is 77.2. The molecule has 0 fully saturated rings. The first kappa shape index (κ1) is 34.0. The van der Waals surface area contributed by atoms with Gasteiger partial charge in [0.2, 0.25) is 0 Å². The van der Waals surface area contributed by atoms with Crippen molar-refractivity contribution < 1.29 is 9.47 Å². The lowest BCUT2D eigenvalue weighted by atomic mass is 9.98. The molecule has 0 saturated heterocycles. The number of ether oxygens (including phenoxy) is 2. The van der Waals surface area contributed by atoms with E-state index in [9.17, 15) is 0 Å². The molecule has 1 heterocycles. The van der Waals surface area contributed by atoms with Crippen LogP contribution in [0.3, 0.4) is 0 Å². The molecule has 0 bridgehead atoms. The van der Waals surface area contributed by atoms with Crippen molar-refractivity contribution in [2.24, 2.45) is 0 Å². The average molecular weight is 769 g/mol. The number of nitrogens with zero attached hydrogens (tertiary/aromatic N) is 2. The van der Waals surface area contributed by atoms with Crippen molar-refractivity contribution in [3.8, 4) is 23.0 Å². The minimum Gasteiger partial charge on any atom is -0.453 e. The fraction of sp³-hybridized carbons (Fsp3) is 0. The van der Waals surface area contributed by atoms with Crippen molar-refractivity contribution in [2.75, 3.05) is 9.80 Å². The van der Waals surface area contributed by atoms with Crippen molar-refractivity contribution in [1.29, 1.82) is 0 Å². The van der Waals surface area contributed by atoms with Crippen LogP contribution in [0.2, 0.25) is 0 Å². The lowest BCUT2D eigenvalue weighted by Crippen LogP contribution is -2.11. The minimum atomic E-state index is 0.643. The van der Waals surface area contributed by atoms with Gasteiger partial charge in [0.05, 0.1) is 28.1 Å². The minimum absolute atomic E-state index is 0.643. The Balaban J connectivity index is 1.03. The molecule has 0 saturated carbocycles. The van der Waals surface area contributed by atoms with E-state index in [1.807, 2.05) is 12.1 Å². The maximum Gasteiger partial charge on any atom is 0.172 e. The van der Waals surface area contributed by atoms with Crippen molar-refractivity contribution in [2.45, 2.75) is 0 Å². The fourth-order valence-electron chi connectivity index (χ4n) is 9.12. The maximum absolute atomic E-state index is 7.00. The summed E-state index contributed by atoms with van der Waals surface area (Å²) >= 11 is 0. The Kier molecular flexibility index (Phi) is 7.82. The van der Waals surface area contributed by atoms with E-state index < -0.39 is 0 Å². The van der Waals surface area contributed by atoms with E-state index >= 15 is 0 Å². The van der Waals surface area contributed by atoms with Gasteiger partial charge in [0.25, 0.3) is 0 Å². The van der Waals surface area contributed by atoms with Crippen LogP contribution < -0.4 is 19.3 Å². The monoisotopic (exact) mass is 768 g/mol. The first-order valence-corrected chi connectivity index (χ1v) is 20.3. The van der Waals surface area contributed by atoms with Crippen LogP contribution in [0.1, 0.15) is 0 Å². The van der Waals surface area contributed by atoms with Gasteiger partial charge < -0.3 is 19.3 Å². The molecule has 11 aromatic rings. The van der Waals surface area contributed by atoms with Gasteiger partial charge in [0, 0.05) is 34.3 Å². The SMILES string of the molecule is c1ccc(N(c2ccc3c(c2)Oc2cccc4cc(N(c5ccccc5)c5cc6ccccc6c6ccccc56)cc(c24)O3)c2cc3ccccc3c3ccccc23)cc1. The molecule has 1 aliphatic rings. The third-order valence-electron chi connectivity index (χ3n) is 11.8. The summed E-state index contributed by atoms with van der Waals surface area (Å²) in [5, 5.41) is 11.5. The highest BCUT2D eigenvalue weighted by molar-refractivity contribution is 6.16. The molecule has 0 N–H and O–H groups in total. The molecule has 0 amide bonds. The predicted octanol–water partition coefficient (Wildman–Crippen LogP) is 16.3. The van der Waals surface area contributed by atoms with Gasteiger partial charge in [-0.3, -0.25) is 0 Å². The van der Waals surface area contributed by atoms with Crippen LogP contribution in [-0.4, -0.2) is 0 Å². The molecule has 0 aliphatic carbocycles. The van der Waals surface area contributed by atoms with E-state index in [4.69, 9.17) is 9.47 Å². The molecule has 0 unspecified atom stereocenters. The van der Waals surface area contributed by atoms with Crippen molar-refractivity contribution in [3.63, 3.8) is 0 Å². The van der Waals surface area contributed by atoms with Crippen LogP contribution >= 0.6 is 0 Å². The Morgan fingerprint density at radius 1 is 0.250 bits per heavy atom. The van der Waals surface area contributed by atoms with E-state index in [-0.39, 0.29) is 0 Å². The topological polar surface area (TPSA) is 24.9 Å². The number of hydrogen-bond acceptors (Lipinski definition) is 4. The molecule has 11 aromatic carbocycles. The van der Waals surface area contributed by atoms with E-state index in [0.717, 1.165) is 56.4 Å². The molecule has 0 aromatic heterocycles. The number of fused-ring (bicyclic) bond motifs is 7. The molecule has 0 radical (unpaired) electrons. The van der Waals surface area contributed by atoms with Gasteiger partial charge in [-0.1, -0.05) is 146 Å². The van der Waals surface area contributed by atoms with E-state index in [0.29, 0.717) is 11.5 Å². The van der Waals surface area contributed by atoms with Crippen LogP contribution in [0.15, 0.2) is 218 Å². The second-order valence-corrected chi connectivity index (χ2v) is 15.3. The van der Waals surface area contributed by atoms with E-state index in [2.05, 4.69) is 216 Å². The number of para-hydroxylation sites is 2. The molecule has 12 rings (SSSR count). The Labute approximate surface area is 347 Å². The van der Waals surface area contributed by atoms with Gasteiger partial charge in [0.15, 0.2) is 11.5 Å². The lowest BCUT2D eigenvalue weighted by Gasteiger charge is -2.28. The van der Waals surface area contributed by atoms with Crippen LogP contribution in [0.4, 0.5) is 34.1 Å². The maximum atomic E-state index is 7.00. The van der Waals surface area contributed by atoms with E-state index in [1.54, 1.807) is 0 Å². The molecule has 4 heteroatoms. The van der Waals surface area contributed by atoms with Crippen LogP contribution in [0, 0.1) is 0 Å². The van der Waals surface area contributed by atoms with Gasteiger partial charge in [-0.05, 0) is 98.4 Å². The second kappa shape index (κ2) is 13.8. The smallest absolute Gasteiger partial charge is 0.172 e. The standard InChI is InChI=1S/C56H36N2O2/c1-3-19-40(20-4-1)57(50-33-37-16-7-9-23-44(37)46-25-11-13-27-48(46)50)42-30-31-52-54(35-42)60-53-29-15-18-39-32-43(36-55(59-52)56(39)53)58(41-21-5-2-6-22-41)51-34-38-17-8-10-24-45(38)47-26-12-14-28-49(47)51/h1-36H. The summed E-state index contributed by atoms with van der Waals surface area (Å²) in [5.41, 5.74) is 6.22. The largest absolute Gasteiger partial charge is 0.453 e. The Bertz CT molecular complexity index is 3460. The molecule has 1 aliphatic heterocycles. The van der Waals surface area contributed by atoms with Gasteiger partial charge in [-0.25, -0.2) is 0 Å². The highest BCUT2D eigenvalue weighted by Crippen LogP contribution is 2.52. The summed E-state index contributed by atoms with van der Waals surface area (Å²) in [4.78, 5) is 4.67.